The van der Waals surface area contributed by atoms with Gasteiger partial charge in [-0.1, -0.05) is 6.92 Å². The number of hydrogen-bond donors (Lipinski definition) is 1. The number of anilines is 1. The van der Waals surface area contributed by atoms with Crippen molar-refractivity contribution in [1.82, 2.24) is 14.8 Å². The van der Waals surface area contributed by atoms with Crippen molar-refractivity contribution in [3.05, 3.63) is 11.1 Å². The van der Waals surface area contributed by atoms with Crippen molar-refractivity contribution < 1.29 is 14.3 Å². The van der Waals surface area contributed by atoms with E-state index in [4.69, 9.17) is 4.74 Å². The molecule has 2 atom stereocenters. The summed E-state index contributed by atoms with van der Waals surface area (Å²) in [6.45, 7) is 8.49. The van der Waals surface area contributed by atoms with Crippen molar-refractivity contribution >= 4 is 28.3 Å². The molecule has 3 rings (SSSR count). The average Bonchev–Trinajstić information content (AvgIpc) is 3.14. The molecule has 0 bridgehead atoms. The Morgan fingerprint density at radius 2 is 2.09 bits per heavy atom. The smallest absolute Gasteiger partial charge is 0.273 e. The molecule has 2 saturated heterocycles. The van der Waals surface area contributed by atoms with Crippen LogP contribution in [0, 0.1) is 5.92 Å². The number of carbonyl (C=O) groups is 2. The van der Waals surface area contributed by atoms with E-state index in [0.717, 1.165) is 39.4 Å². The fourth-order valence-electron chi connectivity index (χ4n) is 3.24. The van der Waals surface area contributed by atoms with Crippen LogP contribution in [0.15, 0.2) is 5.38 Å². The van der Waals surface area contributed by atoms with Gasteiger partial charge >= 0.3 is 0 Å². The van der Waals surface area contributed by atoms with Gasteiger partial charge in [0.15, 0.2) is 5.13 Å². The van der Waals surface area contributed by atoms with Crippen LogP contribution < -0.4 is 5.32 Å². The average molecular weight is 338 g/mol. The molecule has 23 heavy (non-hydrogen) atoms. The van der Waals surface area contributed by atoms with E-state index in [2.05, 4.69) is 22.1 Å². The summed E-state index contributed by atoms with van der Waals surface area (Å²) in [6, 6.07) is 0.385. The number of thiazole rings is 1. The highest BCUT2D eigenvalue weighted by atomic mass is 32.1. The van der Waals surface area contributed by atoms with Gasteiger partial charge in [-0.25, -0.2) is 4.98 Å². The molecule has 2 aliphatic heterocycles. The topological polar surface area (TPSA) is 74.8 Å². The molecule has 2 amide bonds. The van der Waals surface area contributed by atoms with Crippen molar-refractivity contribution in [2.45, 2.75) is 19.9 Å². The van der Waals surface area contributed by atoms with E-state index in [0.29, 0.717) is 22.8 Å². The summed E-state index contributed by atoms with van der Waals surface area (Å²) >= 11 is 1.28. The molecule has 3 heterocycles. The fraction of sp³-hybridized carbons (Fsp3) is 0.667. The third-order valence-electron chi connectivity index (χ3n) is 4.38. The number of likely N-dealkylation sites (tertiary alicyclic amines) is 1. The largest absolute Gasteiger partial charge is 0.379 e. The van der Waals surface area contributed by atoms with Crippen LogP contribution in [0.25, 0.3) is 0 Å². The van der Waals surface area contributed by atoms with Gasteiger partial charge in [0.05, 0.1) is 13.2 Å². The molecule has 0 aliphatic carbocycles. The number of amides is 2. The molecule has 0 unspecified atom stereocenters. The first-order valence-corrected chi connectivity index (χ1v) is 8.76. The van der Waals surface area contributed by atoms with Crippen LogP contribution in [0.2, 0.25) is 0 Å². The number of morpholine rings is 1. The summed E-state index contributed by atoms with van der Waals surface area (Å²) in [6.07, 6.45) is 0. The maximum Gasteiger partial charge on any atom is 0.273 e. The van der Waals surface area contributed by atoms with Crippen LogP contribution in [0.5, 0.6) is 0 Å². The molecule has 8 heteroatoms. The number of aromatic nitrogens is 1. The van der Waals surface area contributed by atoms with Gasteiger partial charge in [-0.2, -0.15) is 0 Å². The molecule has 2 aliphatic rings. The molecule has 126 valence electrons. The highest BCUT2D eigenvalue weighted by Crippen LogP contribution is 2.25. The van der Waals surface area contributed by atoms with Gasteiger partial charge in [0.25, 0.3) is 5.91 Å². The summed E-state index contributed by atoms with van der Waals surface area (Å²) in [5.74, 6) is 0.200. The molecule has 7 nitrogen and oxygen atoms in total. The van der Waals surface area contributed by atoms with E-state index >= 15 is 0 Å². The lowest BCUT2D eigenvalue weighted by atomic mass is 10.0. The maximum absolute atomic E-state index is 12.6. The highest BCUT2D eigenvalue weighted by molar-refractivity contribution is 7.14. The first-order valence-electron chi connectivity index (χ1n) is 7.89. The lowest BCUT2D eigenvalue weighted by Crippen LogP contribution is -2.47. The zero-order valence-corrected chi connectivity index (χ0v) is 14.3. The number of nitrogens with one attached hydrogen (secondary N) is 1. The van der Waals surface area contributed by atoms with Gasteiger partial charge in [-0.15, -0.1) is 11.3 Å². The van der Waals surface area contributed by atoms with Gasteiger partial charge < -0.3 is 15.0 Å². The van der Waals surface area contributed by atoms with Crippen LogP contribution in [0.4, 0.5) is 5.13 Å². The van der Waals surface area contributed by atoms with Gasteiger partial charge in [-0.3, -0.25) is 14.5 Å². The molecule has 0 aromatic carbocycles. The summed E-state index contributed by atoms with van der Waals surface area (Å²) < 4.78 is 5.41. The molecule has 0 spiro atoms. The van der Waals surface area contributed by atoms with Crippen molar-refractivity contribution in [2.24, 2.45) is 5.92 Å². The standard InChI is InChI=1S/C15H22N4O3S/c1-10-7-19(8-13(10)18-3-5-22-6-4-18)14(21)12-9-23-15(17-12)16-11(2)20/h9-10,13H,3-8H2,1-2H3,(H,16,17,20)/t10-,13+/m1/s1. The number of nitrogens with zero attached hydrogens (tertiary/aromatic N) is 3. The third kappa shape index (κ3) is 3.70. The normalized spacial score (nSPS) is 25.6. The third-order valence-corrected chi connectivity index (χ3v) is 5.14. The van der Waals surface area contributed by atoms with E-state index in [1.165, 1.54) is 18.3 Å². The molecule has 1 aromatic heterocycles. The Kier molecular flexibility index (Phi) is 4.93. The fourth-order valence-corrected chi connectivity index (χ4v) is 3.97. The van der Waals surface area contributed by atoms with E-state index in [9.17, 15) is 9.59 Å². The minimum absolute atomic E-state index is 0.0551. The highest BCUT2D eigenvalue weighted by Gasteiger charge is 2.37. The second kappa shape index (κ2) is 6.94. The number of ether oxygens (including phenoxy) is 1. The monoisotopic (exact) mass is 338 g/mol. The minimum Gasteiger partial charge on any atom is -0.379 e. The zero-order chi connectivity index (χ0) is 16.4. The lowest BCUT2D eigenvalue weighted by molar-refractivity contribution is -0.114. The summed E-state index contributed by atoms with van der Waals surface area (Å²) in [5.41, 5.74) is 0.411. The molecular weight excluding hydrogens is 316 g/mol. The Morgan fingerprint density at radius 3 is 2.78 bits per heavy atom. The Hall–Kier alpha value is -1.51. The van der Waals surface area contributed by atoms with E-state index in [1.54, 1.807) is 5.38 Å². The molecule has 1 aromatic rings. The van der Waals surface area contributed by atoms with Crippen molar-refractivity contribution in [1.29, 1.82) is 0 Å². The summed E-state index contributed by atoms with van der Waals surface area (Å²) in [5, 5.41) is 4.79. The van der Waals surface area contributed by atoms with E-state index in [-0.39, 0.29) is 11.8 Å². The quantitative estimate of drug-likeness (QED) is 0.886. The SMILES string of the molecule is CC(=O)Nc1nc(C(=O)N2C[C@@H](C)[C@@H](N3CCOCC3)C2)cs1. The lowest BCUT2D eigenvalue weighted by Gasteiger charge is -2.33. The Balaban J connectivity index is 1.64. The molecular formula is C15H22N4O3S. The molecule has 0 radical (unpaired) electrons. The van der Waals surface area contributed by atoms with Crippen LogP contribution in [0.1, 0.15) is 24.3 Å². The van der Waals surface area contributed by atoms with Gasteiger partial charge in [0, 0.05) is 44.5 Å². The van der Waals surface area contributed by atoms with Crippen LogP contribution in [-0.4, -0.2) is 72.0 Å². The van der Waals surface area contributed by atoms with Crippen LogP contribution in [-0.2, 0) is 9.53 Å². The zero-order valence-electron chi connectivity index (χ0n) is 13.4. The molecule has 1 N–H and O–H groups in total. The van der Waals surface area contributed by atoms with Gasteiger partial charge in [-0.05, 0) is 5.92 Å². The molecule has 0 saturated carbocycles. The second-order valence-electron chi connectivity index (χ2n) is 6.12. The van der Waals surface area contributed by atoms with Crippen LogP contribution in [0.3, 0.4) is 0 Å². The van der Waals surface area contributed by atoms with E-state index in [1.807, 2.05) is 4.90 Å². The summed E-state index contributed by atoms with van der Waals surface area (Å²) in [7, 11) is 0. The van der Waals surface area contributed by atoms with Crippen molar-refractivity contribution in [2.75, 3.05) is 44.7 Å². The number of rotatable bonds is 3. The predicted octanol–water partition coefficient (Wildman–Crippen LogP) is 0.894. The van der Waals surface area contributed by atoms with Crippen LogP contribution >= 0.6 is 11.3 Å². The second-order valence-corrected chi connectivity index (χ2v) is 6.98. The summed E-state index contributed by atoms with van der Waals surface area (Å²) in [4.78, 5) is 32.2. The Morgan fingerprint density at radius 1 is 1.35 bits per heavy atom. The first kappa shape index (κ1) is 16.4. The number of carbonyl (C=O) groups excluding carboxylic acids is 2. The Bertz CT molecular complexity index is 585. The Labute approximate surface area is 139 Å². The van der Waals surface area contributed by atoms with Gasteiger partial charge in [0.1, 0.15) is 5.69 Å². The minimum atomic E-state index is -0.180. The van der Waals surface area contributed by atoms with Crippen molar-refractivity contribution in [3.63, 3.8) is 0 Å². The molecule has 2 fully saturated rings. The van der Waals surface area contributed by atoms with Gasteiger partial charge in [0.2, 0.25) is 5.91 Å². The number of hydrogen-bond acceptors (Lipinski definition) is 6. The van der Waals surface area contributed by atoms with Crippen molar-refractivity contribution in [3.8, 4) is 0 Å². The van der Waals surface area contributed by atoms with E-state index < -0.39 is 0 Å². The predicted molar refractivity (Wildman–Crippen MR) is 87.7 cm³/mol. The first-order chi connectivity index (χ1) is 11.0. The maximum atomic E-state index is 12.6.